The standard InChI is InChI=1S/C38H68O4P2S/c1-7-13-29-43(30-14-8-2,31-15-9-3,35-37-25-21-19-22-26-37)41-45(39,40)42-44(32-16-10-4,33-17-11-5,34-18-12-6)36-38-27-23-20-24-28-38/h19-28H,7-18,29-36H2,1-6H3. The molecular formula is C38H68O4P2S. The second kappa shape index (κ2) is 19.2. The molecule has 0 heterocycles. The van der Waals surface area contributed by atoms with E-state index in [4.69, 9.17) is 7.94 Å². The Kier molecular flexibility index (Phi) is 17.2. The Morgan fingerprint density at radius 3 is 0.911 bits per heavy atom. The molecule has 0 aliphatic carbocycles. The predicted molar refractivity (Wildman–Crippen MR) is 204 cm³/mol. The third-order valence-corrected chi connectivity index (χ3v) is 25.8. The fraction of sp³-hybridized carbons (Fsp3) is 0.684. The van der Waals surface area contributed by atoms with E-state index in [1.807, 2.05) is 12.1 Å². The van der Waals surface area contributed by atoms with Gasteiger partial charge in [0, 0.05) is 0 Å². The Morgan fingerprint density at radius 1 is 0.444 bits per heavy atom. The zero-order valence-corrected chi connectivity index (χ0v) is 32.5. The van der Waals surface area contributed by atoms with Crippen LogP contribution in [0.1, 0.15) is 130 Å². The molecule has 0 amide bonds. The first-order chi connectivity index (χ1) is 21.6. The van der Waals surface area contributed by atoms with Crippen molar-refractivity contribution in [3.63, 3.8) is 0 Å². The summed E-state index contributed by atoms with van der Waals surface area (Å²) in [4.78, 5) is 0. The molecule has 0 atom stereocenters. The van der Waals surface area contributed by atoms with Gasteiger partial charge in [-0.2, -0.15) is 0 Å². The fourth-order valence-corrected chi connectivity index (χ4v) is 25.3. The second-order valence-corrected chi connectivity index (χ2v) is 26.8. The molecule has 0 N–H and O–H groups in total. The van der Waals surface area contributed by atoms with Crippen LogP contribution in [0.15, 0.2) is 60.7 Å². The summed E-state index contributed by atoms with van der Waals surface area (Å²) in [6, 6.07) is 21.1. The molecule has 0 saturated heterocycles. The van der Waals surface area contributed by atoms with E-state index >= 15 is 8.42 Å². The third kappa shape index (κ3) is 12.3. The van der Waals surface area contributed by atoms with Crippen molar-refractivity contribution >= 4 is 24.1 Å². The van der Waals surface area contributed by atoms with Gasteiger partial charge in [0.1, 0.15) is 0 Å². The van der Waals surface area contributed by atoms with Crippen LogP contribution in [0.25, 0.3) is 0 Å². The van der Waals surface area contributed by atoms with Crippen molar-refractivity contribution in [1.29, 1.82) is 0 Å². The van der Waals surface area contributed by atoms with Crippen LogP contribution in [0, 0.1) is 0 Å². The molecule has 0 fully saturated rings. The third-order valence-electron chi connectivity index (χ3n) is 9.92. The van der Waals surface area contributed by atoms with Crippen molar-refractivity contribution < 1.29 is 16.4 Å². The summed E-state index contributed by atoms with van der Waals surface area (Å²) < 4.78 is 44.3. The van der Waals surface area contributed by atoms with E-state index in [9.17, 15) is 0 Å². The normalized spacial score (nSPS) is 14.4. The molecule has 45 heavy (non-hydrogen) atoms. The molecule has 0 saturated carbocycles. The Hall–Kier alpha value is -0.830. The van der Waals surface area contributed by atoms with E-state index in [1.165, 1.54) is 11.1 Å². The number of hydrogen-bond acceptors (Lipinski definition) is 4. The number of benzene rings is 2. The summed E-state index contributed by atoms with van der Waals surface area (Å²) in [7, 11) is -4.32. The molecule has 0 bridgehead atoms. The Bertz CT molecular complexity index is 1050. The zero-order valence-electron chi connectivity index (χ0n) is 29.9. The maximum absolute atomic E-state index is 15.1. The number of rotatable bonds is 26. The van der Waals surface area contributed by atoms with Gasteiger partial charge in [0.25, 0.3) is 0 Å². The van der Waals surface area contributed by atoms with Crippen LogP contribution in [-0.4, -0.2) is 45.4 Å². The maximum atomic E-state index is 15.1. The Morgan fingerprint density at radius 2 is 0.689 bits per heavy atom. The monoisotopic (exact) mass is 682 g/mol. The molecule has 0 spiro atoms. The van der Waals surface area contributed by atoms with Crippen LogP contribution in [0.5, 0.6) is 0 Å². The van der Waals surface area contributed by atoms with Crippen LogP contribution in [0.2, 0.25) is 0 Å². The van der Waals surface area contributed by atoms with Gasteiger partial charge in [0.15, 0.2) is 0 Å². The molecule has 0 unspecified atom stereocenters. The van der Waals surface area contributed by atoms with Crippen molar-refractivity contribution in [2.24, 2.45) is 0 Å². The molecule has 260 valence electrons. The first-order valence-electron chi connectivity index (χ1n) is 18.3. The van der Waals surface area contributed by atoms with Crippen molar-refractivity contribution in [2.75, 3.05) is 37.0 Å². The van der Waals surface area contributed by atoms with Crippen LogP contribution in [0.4, 0.5) is 0 Å². The molecule has 2 rings (SSSR count). The van der Waals surface area contributed by atoms with Gasteiger partial charge in [0.2, 0.25) is 0 Å². The summed E-state index contributed by atoms with van der Waals surface area (Å²) in [6.07, 6.45) is 18.4. The van der Waals surface area contributed by atoms with Gasteiger partial charge in [0.05, 0.1) is 0 Å². The molecule has 0 aliphatic rings. The summed E-state index contributed by atoms with van der Waals surface area (Å²) in [5.41, 5.74) is 2.39. The van der Waals surface area contributed by atoms with Crippen molar-refractivity contribution in [2.45, 2.75) is 131 Å². The van der Waals surface area contributed by atoms with Crippen molar-refractivity contribution in [3.8, 4) is 0 Å². The van der Waals surface area contributed by atoms with Crippen LogP contribution in [0.3, 0.4) is 0 Å². The Balaban J connectivity index is 2.83. The van der Waals surface area contributed by atoms with Gasteiger partial charge < -0.3 is 0 Å². The quantitative estimate of drug-likeness (QED) is 0.0927. The van der Waals surface area contributed by atoms with E-state index in [0.717, 1.165) is 114 Å². The van der Waals surface area contributed by atoms with E-state index in [-0.39, 0.29) is 0 Å². The average molecular weight is 683 g/mol. The topological polar surface area (TPSA) is 52.6 Å². The minimum absolute atomic E-state index is 0.711. The first-order valence-corrected chi connectivity index (χ1v) is 25.5. The van der Waals surface area contributed by atoms with E-state index in [2.05, 4.69) is 90.1 Å². The molecule has 2 aromatic rings. The summed E-state index contributed by atoms with van der Waals surface area (Å²) in [5.74, 6) is 0. The van der Waals surface area contributed by atoms with E-state index in [1.54, 1.807) is 0 Å². The van der Waals surface area contributed by atoms with Gasteiger partial charge in [-0.25, -0.2) is 0 Å². The van der Waals surface area contributed by atoms with Gasteiger partial charge in [-0.3, -0.25) is 0 Å². The van der Waals surface area contributed by atoms with Crippen LogP contribution < -0.4 is 0 Å². The fourth-order valence-electron chi connectivity index (χ4n) is 7.39. The molecule has 0 radical (unpaired) electrons. The molecule has 0 aromatic heterocycles. The van der Waals surface area contributed by atoms with Gasteiger partial charge >= 0.3 is 280 Å². The summed E-state index contributed by atoms with van der Waals surface area (Å²) in [6.45, 7) is 6.65. The van der Waals surface area contributed by atoms with Gasteiger partial charge in [-0.15, -0.1) is 0 Å². The first kappa shape index (κ1) is 40.3. The molecular weight excluding hydrogens is 614 g/mol. The summed E-state index contributed by atoms with van der Waals surface area (Å²) in [5, 5.41) is 0. The predicted octanol–water partition coefficient (Wildman–Crippen LogP) is 12.4. The molecule has 0 aliphatic heterocycles. The van der Waals surface area contributed by atoms with Gasteiger partial charge in [-0.1, -0.05) is 0 Å². The van der Waals surface area contributed by atoms with Crippen LogP contribution >= 0.6 is 13.7 Å². The molecule has 2 aromatic carbocycles. The number of hydrogen-bond donors (Lipinski definition) is 0. The van der Waals surface area contributed by atoms with E-state index in [0.29, 0.717) is 12.3 Å². The van der Waals surface area contributed by atoms with Crippen LogP contribution in [-0.2, 0) is 30.7 Å². The minimum atomic E-state index is -4.32. The second-order valence-electron chi connectivity index (χ2n) is 14.0. The zero-order chi connectivity index (χ0) is 33.2. The summed E-state index contributed by atoms with van der Waals surface area (Å²) >= 11 is 0. The average Bonchev–Trinajstić information content (AvgIpc) is 3.04. The Labute approximate surface area is 279 Å². The molecule has 7 heteroatoms. The number of unbranched alkanes of at least 4 members (excludes halogenated alkanes) is 6. The van der Waals surface area contributed by atoms with Gasteiger partial charge in [-0.05, 0) is 0 Å². The SMILES string of the molecule is CCCCP(CCCC)(CCCC)(Cc1ccccc1)OS(=O)(=O)OP(CCCC)(CCCC)(CCCC)Cc1ccccc1. The van der Waals surface area contributed by atoms with Crippen molar-refractivity contribution in [1.82, 2.24) is 0 Å². The van der Waals surface area contributed by atoms with E-state index < -0.39 is 24.1 Å². The molecule has 4 nitrogen and oxygen atoms in total. The van der Waals surface area contributed by atoms with Crippen molar-refractivity contribution in [3.05, 3.63) is 71.8 Å².